The van der Waals surface area contributed by atoms with Gasteiger partial charge < -0.3 is 14.2 Å². The molecule has 1 N–H and O–H groups in total. The number of anilines is 2. The van der Waals surface area contributed by atoms with Crippen LogP contribution < -0.4 is 5.32 Å². The first-order valence-corrected chi connectivity index (χ1v) is 7.57. The number of nitrogens with one attached hydrogen (secondary N) is 1. The van der Waals surface area contributed by atoms with Gasteiger partial charge in [-0.2, -0.15) is 0 Å². The van der Waals surface area contributed by atoms with Crippen molar-refractivity contribution in [3.63, 3.8) is 0 Å². The fraction of sp³-hybridized carbons (Fsp3) is 0.0556. The molecular weight excluding hydrogens is 323 g/mol. The van der Waals surface area contributed by atoms with Gasteiger partial charge in [-0.25, -0.2) is 9.37 Å². The van der Waals surface area contributed by atoms with Crippen LogP contribution in [0.2, 0.25) is 0 Å². The highest BCUT2D eigenvalue weighted by molar-refractivity contribution is 5.66. The second-order valence-corrected chi connectivity index (χ2v) is 5.37. The molecule has 0 aliphatic carbocycles. The Morgan fingerprint density at radius 2 is 1.76 bits per heavy atom. The summed E-state index contributed by atoms with van der Waals surface area (Å²) in [6.07, 6.45) is 1.62. The summed E-state index contributed by atoms with van der Waals surface area (Å²) < 4.78 is 24.1. The third-order valence-electron chi connectivity index (χ3n) is 3.52. The van der Waals surface area contributed by atoms with Crippen molar-refractivity contribution in [2.24, 2.45) is 0 Å². The van der Waals surface area contributed by atoms with Crippen molar-refractivity contribution >= 4 is 11.7 Å². The summed E-state index contributed by atoms with van der Waals surface area (Å²) in [4.78, 5) is 4.19. The smallest absolute Gasteiger partial charge is 0.299 e. The van der Waals surface area contributed by atoms with E-state index in [0.717, 1.165) is 11.1 Å². The van der Waals surface area contributed by atoms with Crippen LogP contribution in [-0.4, -0.2) is 15.2 Å². The Balaban J connectivity index is 1.58. The minimum atomic E-state index is -0.299. The lowest BCUT2D eigenvalue weighted by atomic mass is 10.1. The van der Waals surface area contributed by atoms with Crippen molar-refractivity contribution < 1.29 is 13.2 Å². The molecule has 0 atom stereocenters. The second-order valence-electron chi connectivity index (χ2n) is 5.37. The lowest BCUT2D eigenvalue weighted by molar-refractivity contribution is 0.533. The maximum absolute atomic E-state index is 12.9. The van der Waals surface area contributed by atoms with Crippen LogP contribution >= 0.6 is 0 Å². The van der Waals surface area contributed by atoms with Gasteiger partial charge in [0.05, 0.1) is 6.20 Å². The molecule has 4 aromatic rings. The van der Waals surface area contributed by atoms with Gasteiger partial charge in [-0.15, -0.1) is 10.2 Å². The maximum atomic E-state index is 12.9. The van der Waals surface area contributed by atoms with E-state index in [1.54, 1.807) is 25.3 Å². The molecule has 25 heavy (non-hydrogen) atoms. The van der Waals surface area contributed by atoms with Crippen molar-refractivity contribution in [3.05, 3.63) is 66.4 Å². The number of hydrogen-bond acceptors (Lipinski definition) is 6. The summed E-state index contributed by atoms with van der Waals surface area (Å²) in [7, 11) is 0. The van der Waals surface area contributed by atoms with Crippen LogP contribution in [0.5, 0.6) is 0 Å². The highest BCUT2D eigenvalue weighted by Crippen LogP contribution is 2.28. The van der Waals surface area contributed by atoms with Crippen LogP contribution in [0.3, 0.4) is 0 Å². The molecule has 2 aromatic heterocycles. The van der Waals surface area contributed by atoms with Gasteiger partial charge in [0, 0.05) is 23.7 Å². The van der Waals surface area contributed by atoms with E-state index in [1.807, 2.05) is 24.3 Å². The van der Waals surface area contributed by atoms with Gasteiger partial charge in [-0.3, -0.25) is 0 Å². The van der Waals surface area contributed by atoms with E-state index in [0.29, 0.717) is 29.2 Å². The number of rotatable bonds is 4. The first-order valence-electron chi connectivity index (χ1n) is 7.57. The van der Waals surface area contributed by atoms with Crippen molar-refractivity contribution in [1.82, 2.24) is 15.2 Å². The summed E-state index contributed by atoms with van der Waals surface area (Å²) in [6, 6.07) is 13.8. The molecule has 0 amide bonds. The molecule has 0 bridgehead atoms. The topological polar surface area (TPSA) is 77.0 Å². The monoisotopic (exact) mass is 336 g/mol. The van der Waals surface area contributed by atoms with Crippen LogP contribution in [-0.2, 0) is 0 Å². The van der Waals surface area contributed by atoms with Gasteiger partial charge in [0.25, 0.3) is 6.01 Å². The van der Waals surface area contributed by atoms with Crippen molar-refractivity contribution in [1.29, 1.82) is 0 Å². The first kappa shape index (κ1) is 15.1. The fourth-order valence-electron chi connectivity index (χ4n) is 2.34. The minimum absolute atomic E-state index is 0.299. The Bertz CT molecular complexity index is 1010. The van der Waals surface area contributed by atoms with E-state index in [9.17, 15) is 4.39 Å². The third kappa shape index (κ3) is 3.25. The van der Waals surface area contributed by atoms with Gasteiger partial charge >= 0.3 is 0 Å². The third-order valence-corrected chi connectivity index (χ3v) is 3.52. The SMILES string of the molecule is Cc1nnc(-c2cccc(-c3cnc(Nc4ccc(F)cc4)o3)c2)o1. The van der Waals surface area contributed by atoms with E-state index in [-0.39, 0.29) is 5.82 Å². The predicted molar refractivity (Wildman–Crippen MR) is 89.7 cm³/mol. The lowest BCUT2D eigenvalue weighted by Crippen LogP contribution is -1.89. The zero-order chi connectivity index (χ0) is 17.2. The Morgan fingerprint density at radius 1 is 0.960 bits per heavy atom. The van der Waals surface area contributed by atoms with Crippen LogP contribution in [0.1, 0.15) is 5.89 Å². The standard InChI is InChI=1S/C18H13FN4O2/c1-11-22-23-17(24-11)13-4-2-3-12(9-13)16-10-20-18(25-16)21-15-7-5-14(19)6-8-15/h2-10H,1H3,(H,20,21). The summed E-state index contributed by atoms with van der Waals surface area (Å²) in [5.41, 5.74) is 2.31. The summed E-state index contributed by atoms with van der Waals surface area (Å²) >= 11 is 0. The number of oxazole rings is 1. The van der Waals surface area contributed by atoms with Crippen LogP contribution in [0.25, 0.3) is 22.8 Å². The molecule has 0 radical (unpaired) electrons. The van der Waals surface area contributed by atoms with Gasteiger partial charge in [0.2, 0.25) is 11.8 Å². The largest absolute Gasteiger partial charge is 0.423 e. The Kier molecular flexibility index (Phi) is 3.74. The van der Waals surface area contributed by atoms with Gasteiger partial charge in [-0.1, -0.05) is 12.1 Å². The van der Waals surface area contributed by atoms with Crippen LogP contribution in [0, 0.1) is 12.7 Å². The Morgan fingerprint density at radius 3 is 2.52 bits per heavy atom. The molecule has 0 spiro atoms. The van der Waals surface area contributed by atoms with E-state index in [1.165, 1.54) is 12.1 Å². The lowest BCUT2D eigenvalue weighted by Gasteiger charge is -2.01. The van der Waals surface area contributed by atoms with E-state index in [4.69, 9.17) is 8.83 Å². The number of nitrogens with zero attached hydrogens (tertiary/aromatic N) is 3. The number of aryl methyl sites for hydroxylation is 1. The van der Waals surface area contributed by atoms with Crippen molar-refractivity contribution in [2.45, 2.75) is 6.92 Å². The van der Waals surface area contributed by atoms with Crippen LogP contribution in [0.15, 0.2) is 63.6 Å². The molecular formula is C18H13FN4O2. The number of aromatic nitrogens is 3. The van der Waals surface area contributed by atoms with Crippen LogP contribution in [0.4, 0.5) is 16.1 Å². The molecule has 2 aromatic carbocycles. The molecule has 6 nitrogen and oxygen atoms in total. The van der Waals surface area contributed by atoms with Gasteiger partial charge in [-0.05, 0) is 36.4 Å². The first-order chi connectivity index (χ1) is 12.2. The number of benzene rings is 2. The van der Waals surface area contributed by atoms with E-state index < -0.39 is 0 Å². The Hall–Kier alpha value is -3.48. The molecule has 0 aliphatic rings. The predicted octanol–water partition coefficient (Wildman–Crippen LogP) is 4.58. The molecule has 0 saturated carbocycles. The molecule has 4 rings (SSSR count). The highest BCUT2D eigenvalue weighted by Gasteiger charge is 2.11. The molecule has 0 fully saturated rings. The average Bonchev–Trinajstić information content (AvgIpc) is 3.26. The van der Waals surface area contributed by atoms with E-state index in [2.05, 4.69) is 20.5 Å². The average molecular weight is 336 g/mol. The summed E-state index contributed by atoms with van der Waals surface area (Å²) in [6.45, 7) is 1.74. The fourth-order valence-corrected chi connectivity index (χ4v) is 2.34. The normalized spacial score (nSPS) is 10.8. The summed E-state index contributed by atoms with van der Waals surface area (Å²) in [5, 5.41) is 10.8. The molecule has 0 aliphatic heterocycles. The maximum Gasteiger partial charge on any atom is 0.299 e. The van der Waals surface area contributed by atoms with Gasteiger partial charge in [0.1, 0.15) is 5.82 Å². The van der Waals surface area contributed by atoms with Crippen molar-refractivity contribution in [2.75, 3.05) is 5.32 Å². The van der Waals surface area contributed by atoms with Gasteiger partial charge in [0.15, 0.2) is 5.76 Å². The Labute approximate surface area is 142 Å². The number of halogens is 1. The van der Waals surface area contributed by atoms with E-state index >= 15 is 0 Å². The molecule has 124 valence electrons. The zero-order valence-corrected chi connectivity index (χ0v) is 13.2. The molecule has 7 heteroatoms. The minimum Gasteiger partial charge on any atom is -0.423 e. The summed E-state index contributed by atoms with van der Waals surface area (Å²) in [5.74, 6) is 1.24. The highest BCUT2D eigenvalue weighted by atomic mass is 19.1. The second kappa shape index (κ2) is 6.20. The quantitative estimate of drug-likeness (QED) is 0.588. The zero-order valence-electron chi connectivity index (χ0n) is 13.2. The molecule has 2 heterocycles. The molecule has 0 unspecified atom stereocenters. The molecule has 0 saturated heterocycles. The number of hydrogen-bond donors (Lipinski definition) is 1. The van der Waals surface area contributed by atoms with Crippen molar-refractivity contribution in [3.8, 4) is 22.8 Å².